The number of thiophene rings is 1. The van der Waals surface area contributed by atoms with Crippen molar-refractivity contribution in [2.45, 2.75) is 4.90 Å². The fourth-order valence-electron chi connectivity index (χ4n) is 1.61. The Balaban J connectivity index is 2.37. The summed E-state index contributed by atoms with van der Waals surface area (Å²) < 4.78 is 25.8. The highest BCUT2D eigenvalue weighted by Gasteiger charge is 2.24. The van der Waals surface area contributed by atoms with Crippen LogP contribution in [0.5, 0.6) is 0 Å². The van der Waals surface area contributed by atoms with Crippen LogP contribution in [-0.4, -0.2) is 26.5 Å². The van der Waals surface area contributed by atoms with Crippen LogP contribution >= 0.6 is 11.3 Å². The van der Waals surface area contributed by atoms with Crippen molar-refractivity contribution in [1.29, 1.82) is 5.26 Å². The molecule has 2 rings (SSSR count). The largest absolute Gasteiger partial charge is 0.477 e. The van der Waals surface area contributed by atoms with Crippen LogP contribution in [0.4, 0.5) is 5.69 Å². The average Bonchev–Trinajstić information content (AvgIpc) is 2.97. The quantitative estimate of drug-likeness (QED) is 0.930. The molecule has 0 amide bonds. The van der Waals surface area contributed by atoms with Gasteiger partial charge in [0.25, 0.3) is 10.0 Å². The van der Waals surface area contributed by atoms with Gasteiger partial charge in [0, 0.05) is 12.4 Å². The summed E-state index contributed by atoms with van der Waals surface area (Å²) in [6.07, 6.45) is 0. The predicted octanol–water partition coefficient (Wildman–Crippen LogP) is 2.14. The highest BCUT2D eigenvalue weighted by Crippen LogP contribution is 2.26. The fourth-order valence-corrected chi connectivity index (χ4v) is 3.90. The molecule has 1 N–H and O–H groups in total. The zero-order chi connectivity index (χ0) is 15.6. The monoisotopic (exact) mass is 322 g/mol. The first-order chi connectivity index (χ1) is 9.86. The molecule has 0 saturated carbocycles. The molecule has 0 unspecified atom stereocenters. The molecule has 21 heavy (non-hydrogen) atoms. The van der Waals surface area contributed by atoms with E-state index in [1.807, 2.05) is 6.07 Å². The molecule has 8 heteroatoms. The van der Waals surface area contributed by atoms with Crippen LogP contribution in [0.25, 0.3) is 0 Å². The van der Waals surface area contributed by atoms with Crippen molar-refractivity contribution in [3.05, 3.63) is 46.2 Å². The summed E-state index contributed by atoms with van der Waals surface area (Å²) in [4.78, 5) is 10.7. The van der Waals surface area contributed by atoms with Crippen LogP contribution in [-0.2, 0) is 10.0 Å². The van der Waals surface area contributed by atoms with Gasteiger partial charge < -0.3 is 5.11 Å². The molecule has 0 atom stereocenters. The molecule has 0 saturated heterocycles. The molecule has 0 bridgehead atoms. The van der Waals surface area contributed by atoms with Crippen molar-refractivity contribution < 1.29 is 18.3 Å². The number of carboxylic acids is 1. The second kappa shape index (κ2) is 5.55. The second-order valence-corrected chi connectivity index (χ2v) is 6.96. The molecule has 2 aromatic rings. The Kier molecular flexibility index (Phi) is 3.97. The molecule has 1 aromatic carbocycles. The van der Waals surface area contributed by atoms with Crippen LogP contribution in [0.3, 0.4) is 0 Å². The van der Waals surface area contributed by atoms with Gasteiger partial charge in [-0.25, -0.2) is 13.2 Å². The molecule has 0 radical (unpaired) electrons. The van der Waals surface area contributed by atoms with Gasteiger partial charge in [-0.3, -0.25) is 4.31 Å². The Hall–Kier alpha value is -2.37. The van der Waals surface area contributed by atoms with Crippen molar-refractivity contribution in [1.82, 2.24) is 0 Å². The first-order valence-electron chi connectivity index (χ1n) is 5.67. The molecule has 0 aliphatic rings. The van der Waals surface area contributed by atoms with E-state index in [0.29, 0.717) is 11.3 Å². The number of carbonyl (C=O) groups is 1. The van der Waals surface area contributed by atoms with Gasteiger partial charge in [-0.05, 0) is 30.3 Å². The lowest BCUT2D eigenvalue weighted by molar-refractivity contribution is 0.0702. The van der Waals surface area contributed by atoms with E-state index >= 15 is 0 Å². The number of benzene rings is 1. The van der Waals surface area contributed by atoms with E-state index in [2.05, 4.69) is 0 Å². The number of hydrogen-bond acceptors (Lipinski definition) is 5. The Morgan fingerprint density at radius 1 is 1.33 bits per heavy atom. The van der Waals surface area contributed by atoms with Crippen molar-refractivity contribution in [2.24, 2.45) is 0 Å². The third-order valence-electron chi connectivity index (χ3n) is 2.80. The van der Waals surface area contributed by atoms with Gasteiger partial charge in [-0.2, -0.15) is 5.26 Å². The van der Waals surface area contributed by atoms with Crippen molar-refractivity contribution in [2.75, 3.05) is 11.4 Å². The summed E-state index contributed by atoms with van der Waals surface area (Å²) in [6, 6.07) is 9.13. The van der Waals surface area contributed by atoms with Gasteiger partial charge in [0.1, 0.15) is 4.88 Å². The zero-order valence-corrected chi connectivity index (χ0v) is 12.5. The molecule has 108 valence electrons. The summed E-state index contributed by atoms with van der Waals surface area (Å²) in [5, 5.41) is 18.9. The van der Waals surface area contributed by atoms with Gasteiger partial charge >= 0.3 is 5.97 Å². The van der Waals surface area contributed by atoms with Crippen molar-refractivity contribution in [3.63, 3.8) is 0 Å². The molecule has 0 spiro atoms. The summed E-state index contributed by atoms with van der Waals surface area (Å²) >= 11 is 0.855. The number of anilines is 1. The van der Waals surface area contributed by atoms with E-state index in [9.17, 15) is 13.2 Å². The molecular weight excluding hydrogens is 312 g/mol. The summed E-state index contributed by atoms with van der Waals surface area (Å²) in [5.41, 5.74) is 0.810. The number of carboxylic acid groups (broad SMARTS) is 1. The molecule has 0 fully saturated rings. The molecular formula is C13H10N2O4S2. The van der Waals surface area contributed by atoms with Crippen molar-refractivity contribution >= 4 is 33.0 Å². The van der Waals surface area contributed by atoms with Crippen LogP contribution in [0, 0.1) is 11.3 Å². The Labute approximate surface area is 125 Å². The van der Waals surface area contributed by atoms with Crippen LogP contribution < -0.4 is 4.31 Å². The third kappa shape index (κ3) is 2.89. The first-order valence-corrected chi connectivity index (χ1v) is 7.99. The van der Waals surface area contributed by atoms with E-state index in [1.165, 1.54) is 36.7 Å². The van der Waals surface area contributed by atoms with Gasteiger partial charge in [0.2, 0.25) is 0 Å². The summed E-state index contributed by atoms with van der Waals surface area (Å²) in [5.74, 6) is -1.16. The highest BCUT2D eigenvalue weighted by molar-refractivity contribution is 7.93. The lowest BCUT2D eigenvalue weighted by Crippen LogP contribution is -2.26. The number of hydrogen-bond donors (Lipinski definition) is 1. The molecule has 6 nitrogen and oxygen atoms in total. The van der Waals surface area contributed by atoms with E-state index < -0.39 is 16.0 Å². The van der Waals surface area contributed by atoms with Gasteiger partial charge in [-0.15, -0.1) is 11.3 Å². The summed E-state index contributed by atoms with van der Waals surface area (Å²) in [7, 11) is -2.46. The second-order valence-electron chi connectivity index (χ2n) is 4.08. The normalized spacial score (nSPS) is 10.9. The maximum absolute atomic E-state index is 12.4. The number of aromatic carboxylic acids is 1. The Morgan fingerprint density at radius 3 is 2.43 bits per heavy atom. The van der Waals surface area contributed by atoms with Crippen molar-refractivity contribution in [3.8, 4) is 6.07 Å². The Bertz CT molecular complexity index is 817. The van der Waals surface area contributed by atoms with Gasteiger partial charge in [-0.1, -0.05) is 0 Å². The lowest BCUT2D eigenvalue weighted by atomic mass is 10.2. The maximum atomic E-state index is 12.4. The van der Waals surface area contributed by atoms with Crippen LogP contribution in [0.15, 0.2) is 40.6 Å². The summed E-state index contributed by atoms with van der Waals surface area (Å²) in [6.45, 7) is 0. The smallest absolute Gasteiger partial charge is 0.345 e. The Morgan fingerprint density at radius 2 is 1.95 bits per heavy atom. The topological polar surface area (TPSA) is 98.5 Å². The fraction of sp³-hybridized carbons (Fsp3) is 0.0769. The van der Waals surface area contributed by atoms with Gasteiger partial charge in [0.15, 0.2) is 0 Å². The zero-order valence-electron chi connectivity index (χ0n) is 10.8. The van der Waals surface area contributed by atoms with E-state index in [-0.39, 0.29) is 9.77 Å². The third-order valence-corrected chi connectivity index (χ3v) is 5.64. The van der Waals surface area contributed by atoms with Gasteiger partial charge in [0.05, 0.1) is 22.2 Å². The SMILES string of the molecule is CN(c1ccc(C#N)cc1)S(=O)(=O)c1csc(C(=O)O)c1. The van der Waals surface area contributed by atoms with E-state index in [0.717, 1.165) is 21.7 Å². The van der Waals surface area contributed by atoms with Crippen LogP contribution in [0.2, 0.25) is 0 Å². The number of sulfonamides is 1. The average molecular weight is 322 g/mol. The molecule has 0 aliphatic heterocycles. The van der Waals surface area contributed by atoms with E-state index in [1.54, 1.807) is 0 Å². The molecule has 1 aromatic heterocycles. The lowest BCUT2D eigenvalue weighted by Gasteiger charge is -2.18. The standard InChI is InChI=1S/C13H10N2O4S2/c1-15(10-4-2-9(7-14)3-5-10)21(18,19)11-6-12(13(16)17)20-8-11/h2-6,8H,1H3,(H,16,17). The minimum Gasteiger partial charge on any atom is -0.477 e. The minimum absolute atomic E-state index is 0.0400. The molecule has 0 aliphatic carbocycles. The number of rotatable bonds is 4. The maximum Gasteiger partial charge on any atom is 0.345 e. The first kappa shape index (κ1) is 15.0. The van der Waals surface area contributed by atoms with Crippen LogP contribution in [0.1, 0.15) is 15.2 Å². The number of nitriles is 1. The van der Waals surface area contributed by atoms with E-state index in [4.69, 9.17) is 10.4 Å². The number of nitrogens with zero attached hydrogens (tertiary/aromatic N) is 2. The minimum atomic E-state index is -3.83. The predicted molar refractivity (Wildman–Crippen MR) is 78.0 cm³/mol. The highest BCUT2D eigenvalue weighted by atomic mass is 32.2. The molecule has 1 heterocycles.